The van der Waals surface area contributed by atoms with E-state index in [0.717, 1.165) is 50.0 Å². The molecule has 4 N–H and O–H groups in total. The molecule has 0 radical (unpaired) electrons. The summed E-state index contributed by atoms with van der Waals surface area (Å²) in [6.07, 6.45) is 5.00. The van der Waals surface area contributed by atoms with Crippen molar-refractivity contribution in [3.05, 3.63) is 0 Å². The van der Waals surface area contributed by atoms with Gasteiger partial charge in [-0.05, 0) is 111 Å². The van der Waals surface area contributed by atoms with Crippen LogP contribution in [0.1, 0.15) is 105 Å². The van der Waals surface area contributed by atoms with Crippen LogP contribution < -0.4 is 0 Å². The summed E-state index contributed by atoms with van der Waals surface area (Å²) in [5.41, 5.74) is 0.643. The van der Waals surface area contributed by atoms with Gasteiger partial charge in [-0.3, -0.25) is 0 Å². The highest BCUT2D eigenvalue weighted by Crippen LogP contribution is 2.71. The summed E-state index contributed by atoms with van der Waals surface area (Å²) >= 11 is 0. The van der Waals surface area contributed by atoms with E-state index in [1.54, 1.807) is 6.92 Å². The van der Waals surface area contributed by atoms with Crippen molar-refractivity contribution in [3.8, 4) is 0 Å². The summed E-state index contributed by atoms with van der Waals surface area (Å²) in [6.45, 7) is 11.9. The predicted octanol–water partition coefficient (Wildman–Crippen LogP) is 4.36. The van der Waals surface area contributed by atoms with Gasteiger partial charge in [0.05, 0.1) is 37.6 Å². The summed E-state index contributed by atoms with van der Waals surface area (Å²) in [4.78, 5) is 0. The van der Waals surface area contributed by atoms with E-state index < -0.39 is 49.7 Å². The van der Waals surface area contributed by atoms with Crippen molar-refractivity contribution < 1.29 is 53.6 Å². The fourth-order valence-electron chi connectivity index (χ4n) is 12.6. The van der Waals surface area contributed by atoms with Crippen LogP contribution in [0.3, 0.4) is 0 Å². The summed E-state index contributed by atoms with van der Waals surface area (Å²) in [5, 5.41) is 41.0. The molecular formula is C39H66O11. The van der Waals surface area contributed by atoms with E-state index in [4.69, 9.17) is 33.2 Å². The lowest BCUT2D eigenvalue weighted by molar-refractivity contribution is -0.333. The van der Waals surface area contributed by atoms with Crippen molar-refractivity contribution in [2.45, 2.75) is 166 Å². The molecule has 10 unspecified atom stereocenters. The number of methoxy groups -OCH3 is 1. The topological polar surface area (TPSA) is 146 Å². The fourth-order valence-corrected chi connectivity index (χ4v) is 12.6. The first kappa shape index (κ1) is 37.9. The summed E-state index contributed by atoms with van der Waals surface area (Å²) < 4.78 is 42.5. The third kappa shape index (κ3) is 6.54. The van der Waals surface area contributed by atoms with Crippen molar-refractivity contribution in [1.82, 2.24) is 0 Å². The van der Waals surface area contributed by atoms with E-state index in [0.29, 0.717) is 40.6 Å². The number of aliphatic hydroxyl groups excluding tert-OH is 4. The number of hydrogen-bond donors (Lipinski definition) is 4. The predicted molar refractivity (Wildman–Crippen MR) is 182 cm³/mol. The number of fused-ring (bicyclic) bond motifs is 7. The molecule has 7 rings (SSSR count). The van der Waals surface area contributed by atoms with Crippen molar-refractivity contribution in [1.29, 1.82) is 0 Å². The minimum absolute atomic E-state index is 0.00786. The van der Waals surface area contributed by atoms with E-state index in [-0.39, 0.29) is 25.1 Å². The molecule has 3 saturated heterocycles. The van der Waals surface area contributed by atoms with Gasteiger partial charge in [-0.1, -0.05) is 27.7 Å². The molecule has 0 aromatic heterocycles. The average molecular weight is 711 g/mol. The van der Waals surface area contributed by atoms with E-state index >= 15 is 0 Å². The smallest absolute Gasteiger partial charge is 0.188 e. The van der Waals surface area contributed by atoms with Crippen molar-refractivity contribution in [3.63, 3.8) is 0 Å². The zero-order chi connectivity index (χ0) is 35.6. The third-order valence-electron chi connectivity index (χ3n) is 15.4. The maximum Gasteiger partial charge on any atom is 0.188 e. The van der Waals surface area contributed by atoms with Crippen LogP contribution in [0, 0.1) is 52.3 Å². The fraction of sp³-hybridized carbons (Fsp3) is 1.00. The molecule has 288 valence electrons. The highest BCUT2D eigenvalue weighted by atomic mass is 16.8. The second-order valence-corrected chi connectivity index (χ2v) is 18.0. The monoisotopic (exact) mass is 710 g/mol. The molecule has 3 aliphatic heterocycles. The summed E-state index contributed by atoms with van der Waals surface area (Å²) in [5.74, 6) is 4.16. The summed E-state index contributed by atoms with van der Waals surface area (Å²) in [7, 11) is 1.37. The van der Waals surface area contributed by atoms with Crippen LogP contribution in [0.15, 0.2) is 0 Å². The number of ether oxygens (including phenoxy) is 7. The van der Waals surface area contributed by atoms with Crippen LogP contribution in [0.2, 0.25) is 0 Å². The molecule has 7 fully saturated rings. The molecule has 4 aliphatic carbocycles. The normalized spacial score (nSPS) is 52.1. The first-order valence-corrected chi connectivity index (χ1v) is 19.9. The Hall–Kier alpha value is -0.440. The molecule has 19 atom stereocenters. The molecule has 1 spiro atoms. The maximum atomic E-state index is 10.5. The van der Waals surface area contributed by atoms with E-state index in [1.165, 1.54) is 45.6 Å². The molecular weight excluding hydrogens is 644 g/mol. The molecule has 11 nitrogen and oxygen atoms in total. The van der Waals surface area contributed by atoms with Crippen LogP contribution in [-0.2, 0) is 33.2 Å². The number of rotatable bonds is 10. The minimum Gasteiger partial charge on any atom is -0.394 e. The Kier molecular flexibility index (Phi) is 11.1. The maximum absolute atomic E-state index is 10.5. The number of hydrogen-bond acceptors (Lipinski definition) is 11. The molecule has 50 heavy (non-hydrogen) atoms. The van der Waals surface area contributed by atoms with Gasteiger partial charge in [0.25, 0.3) is 0 Å². The van der Waals surface area contributed by atoms with Gasteiger partial charge in [0, 0.05) is 25.9 Å². The van der Waals surface area contributed by atoms with E-state index in [9.17, 15) is 20.4 Å². The van der Waals surface area contributed by atoms with Crippen LogP contribution in [-0.4, -0.2) is 109 Å². The molecule has 4 saturated carbocycles. The molecule has 0 aromatic rings. The number of aliphatic hydroxyl groups is 4. The average Bonchev–Trinajstić information content (AvgIpc) is 3.54. The zero-order valence-corrected chi connectivity index (χ0v) is 31.3. The molecule has 0 bridgehead atoms. The largest absolute Gasteiger partial charge is 0.394 e. The Morgan fingerprint density at radius 2 is 1.70 bits per heavy atom. The highest BCUT2D eigenvalue weighted by molar-refractivity contribution is 5.15. The Bertz CT molecular complexity index is 1150. The van der Waals surface area contributed by atoms with Crippen LogP contribution >= 0.6 is 0 Å². The second-order valence-electron chi connectivity index (χ2n) is 18.0. The van der Waals surface area contributed by atoms with E-state index in [2.05, 4.69) is 27.7 Å². The van der Waals surface area contributed by atoms with Gasteiger partial charge in [-0.15, -0.1) is 0 Å². The minimum atomic E-state index is -1.21. The highest BCUT2D eigenvalue weighted by Gasteiger charge is 2.69. The Morgan fingerprint density at radius 3 is 2.40 bits per heavy atom. The Morgan fingerprint density at radius 1 is 0.920 bits per heavy atom. The van der Waals surface area contributed by atoms with Crippen LogP contribution in [0.25, 0.3) is 0 Å². The quantitative estimate of drug-likeness (QED) is 0.240. The first-order chi connectivity index (χ1) is 23.8. The van der Waals surface area contributed by atoms with Gasteiger partial charge in [-0.25, -0.2) is 0 Å². The van der Waals surface area contributed by atoms with Gasteiger partial charge in [0.1, 0.15) is 25.1 Å². The third-order valence-corrected chi connectivity index (χ3v) is 15.4. The Balaban J connectivity index is 0.925. The van der Waals surface area contributed by atoms with Gasteiger partial charge >= 0.3 is 0 Å². The SMILES string of the molecule is COC1O[C@@H](O[C@@H](C(C)O)C(CO)OCO[C@H]2CC[C@]3(C)C4CC[C@@]5(C)C(CC6OC7(CC[C@@H](C)CO7)[C@H](C)C65)C4CC[C@H]3C2)CC(O)[C@@H]1O. The van der Waals surface area contributed by atoms with Crippen molar-refractivity contribution >= 4 is 0 Å². The molecule has 7 aliphatic rings. The first-order valence-electron chi connectivity index (χ1n) is 19.9. The van der Waals surface area contributed by atoms with Gasteiger partial charge in [0.15, 0.2) is 18.4 Å². The van der Waals surface area contributed by atoms with Gasteiger partial charge in [-0.2, -0.15) is 0 Å². The zero-order valence-electron chi connectivity index (χ0n) is 31.3. The van der Waals surface area contributed by atoms with E-state index in [1.807, 2.05) is 0 Å². The second kappa shape index (κ2) is 14.7. The molecule has 0 aromatic carbocycles. The molecule has 3 heterocycles. The summed E-state index contributed by atoms with van der Waals surface area (Å²) in [6, 6.07) is 0. The van der Waals surface area contributed by atoms with Gasteiger partial charge in [0.2, 0.25) is 0 Å². The lowest BCUT2D eigenvalue weighted by Gasteiger charge is -2.61. The van der Waals surface area contributed by atoms with Crippen molar-refractivity contribution in [2.75, 3.05) is 27.1 Å². The molecule has 0 amide bonds. The van der Waals surface area contributed by atoms with Gasteiger partial charge < -0.3 is 53.6 Å². The lowest BCUT2D eigenvalue weighted by atomic mass is 9.44. The van der Waals surface area contributed by atoms with Crippen LogP contribution in [0.5, 0.6) is 0 Å². The lowest BCUT2D eigenvalue weighted by Crippen LogP contribution is -2.55. The Labute approximate surface area is 299 Å². The van der Waals surface area contributed by atoms with Crippen molar-refractivity contribution in [2.24, 2.45) is 52.3 Å². The molecule has 11 heteroatoms. The van der Waals surface area contributed by atoms with Crippen LogP contribution in [0.4, 0.5) is 0 Å². The standard InChI is InChI=1S/C39H66O11/c1-21-9-14-39(47-19-21)22(2)33-30(50-39)16-28-26-8-7-24-15-25(10-12-37(24,4)27(26)11-13-38(28,33)5)45-20-46-31(18-40)35(23(3)41)48-32-17-29(42)34(43)36(44-6)49-32/h21-36,40-43H,7-20H2,1-6H3/t21-,22-,23?,24+,25+,26?,27?,28?,29?,30?,31?,32-,33?,34+,35+,36?,37+,38+,39?/m1/s1.